The number of alkyl carbamates (subject to hydrolysis) is 6. The molecule has 30 nitrogen and oxygen atoms in total. The molecule has 0 aliphatic heterocycles. The standard InChI is InChI=1S/C34H56N4O9.C18H28N2O4.C16H30N2O6.CH4O3S/c1-32(2,3)45-29(41)35-21-15-13-19-25(38-31(43)47-34(7,8)9)27(39)37-26(28(40)44-23-24-17-11-10-12-18-24)20-14-16-22-36-30(42)46-33(4,5)6;1-18(2,3)24-17(22)20-12-8-7-11-15(19)16(21)23-13-14-9-5-4-6-10-14;1-15(2,3)23-13(21)17-10-8-7-9-11(12(19)20)18-14(22)24-16(4,5)6;1-5(2,3)4/h10-12,17-18,25-26H,13-16,19-23H2,1-9H3,(H,35,41)(H,36,42)(H,37,39)(H,38,43);4-6,9-10,15H,7-8,11-13,19H2,1-3H3,(H,20,22);11H,7-10H2,1-6H3,(H,17,21)(H,18,22)(H,19,20);1H3,(H,2,3,4)/t25-,26-;15-;11-;/m000./s1. The topological polar surface area (TPSA) is 429 Å². The van der Waals surface area contributed by atoms with E-state index < -0.39 is 128 Å². The molecule has 100 heavy (non-hydrogen) atoms. The lowest BCUT2D eigenvalue weighted by Crippen LogP contribution is -2.52. The highest BCUT2D eigenvalue weighted by atomic mass is 32.2. The summed E-state index contributed by atoms with van der Waals surface area (Å²) in [7, 11) is -3.67. The van der Waals surface area contributed by atoms with Gasteiger partial charge in [0.25, 0.3) is 10.1 Å². The molecular weight excluding hydrogens is 1320 g/mol. The Morgan fingerprint density at radius 3 is 0.950 bits per heavy atom. The molecule has 2 aromatic carbocycles. The second-order valence-corrected chi connectivity index (χ2v) is 30.5. The minimum atomic E-state index is -3.67. The summed E-state index contributed by atoms with van der Waals surface area (Å²) in [6.45, 7) is 33.3. The van der Waals surface area contributed by atoms with E-state index in [0.29, 0.717) is 77.4 Å². The van der Waals surface area contributed by atoms with E-state index in [1.54, 1.807) is 104 Å². The van der Waals surface area contributed by atoms with Gasteiger partial charge in [0.2, 0.25) is 5.91 Å². The van der Waals surface area contributed by atoms with Crippen LogP contribution in [0, 0.1) is 0 Å². The molecule has 0 aromatic heterocycles. The number of esters is 2. The number of nitrogens with one attached hydrogen (secondary N) is 7. The first-order valence-corrected chi connectivity index (χ1v) is 35.2. The molecule has 0 spiro atoms. The van der Waals surface area contributed by atoms with Gasteiger partial charge in [0.15, 0.2) is 0 Å². The molecule has 0 saturated heterocycles. The summed E-state index contributed by atoms with van der Waals surface area (Å²) >= 11 is 0. The van der Waals surface area contributed by atoms with Crippen molar-refractivity contribution in [2.45, 2.75) is 273 Å². The van der Waals surface area contributed by atoms with Crippen molar-refractivity contribution < 1.29 is 104 Å². The molecule has 31 heteroatoms. The highest BCUT2D eigenvalue weighted by Crippen LogP contribution is 2.15. The maximum Gasteiger partial charge on any atom is 0.408 e. The van der Waals surface area contributed by atoms with Crippen LogP contribution < -0.4 is 43.0 Å². The molecule has 2 aromatic rings. The average molecular weight is 1440 g/mol. The van der Waals surface area contributed by atoms with Crippen molar-refractivity contribution in [2.24, 2.45) is 5.73 Å². The molecule has 0 aliphatic carbocycles. The average Bonchev–Trinajstić information content (AvgIpc) is 0.880. The predicted octanol–water partition coefficient (Wildman–Crippen LogP) is 10.4. The number of carboxylic acid groups (broad SMARTS) is 1. The lowest BCUT2D eigenvalue weighted by Gasteiger charge is -2.25. The number of aliphatic carboxylic acids is 1. The van der Waals surface area contributed by atoms with Gasteiger partial charge in [-0.25, -0.2) is 38.4 Å². The number of nitrogens with two attached hydrogens (primary N) is 1. The molecule has 0 heterocycles. The molecule has 572 valence electrons. The first-order valence-electron chi connectivity index (χ1n) is 33.3. The van der Waals surface area contributed by atoms with Crippen LogP contribution in [-0.4, -0.2) is 169 Å². The molecule has 0 unspecified atom stereocenters. The van der Waals surface area contributed by atoms with Crippen LogP contribution in [0.1, 0.15) is 213 Å². The number of carbonyl (C=O) groups is 10. The van der Waals surface area contributed by atoms with Gasteiger partial charge in [0, 0.05) is 26.2 Å². The van der Waals surface area contributed by atoms with Gasteiger partial charge in [0.05, 0.1) is 6.26 Å². The van der Waals surface area contributed by atoms with Gasteiger partial charge in [-0.1, -0.05) is 60.7 Å². The molecule has 11 N–H and O–H groups in total. The maximum absolute atomic E-state index is 13.5. The van der Waals surface area contributed by atoms with Gasteiger partial charge in [-0.3, -0.25) is 14.1 Å². The molecular formula is C69H118N8O22S. The zero-order chi connectivity index (χ0) is 77.1. The van der Waals surface area contributed by atoms with Crippen LogP contribution in [-0.2, 0) is 80.4 Å². The fraction of sp³-hybridized carbons (Fsp3) is 0.681. The highest BCUT2D eigenvalue weighted by Gasteiger charge is 2.30. The lowest BCUT2D eigenvalue weighted by molar-refractivity contribution is -0.149. The Kier molecular flexibility index (Phi) is 44.1. The van der Waals surface area contributed by atoms with Gasteiger partial charge in [-0.05, 0) is 213 Å². The van der Waals surface area contributed by atoms with Gasteiger partial charge in [-0.2, -0.15) is 8.42 Å². The van der Waals surface area contributed by atoms with Gasteiger partial charge < -0.3 is 86.0 Å². The number of ether oxygens (including phenoxy) is 8. The van der Waals surface area contributed by atoms with E-state index in [0.717, 1.165) is 24.0 Å². The van der Waals surface area contributed by atoms with Crippen molar-refractivity contribution in [3.63, 3.8) is 0 Å². The molecule has 0 aliphatic rings. The van der Waals surface area contributed by atoms with E-state index >= 15 is 0 Å². The summed E-state index contributed by atoms with van der Waals surface area (Å²) in [6, 6.07) is 14.9. The molecule has 4 atom stereocenters. The van der Waals surface area contributed by atoms with Gasteiger partial charge in [-0.15, -0.1) is 0 Å². The molecule has 0 saturated carbocycles. The van der Waals surface area contributed by atoms with E-state index in [2.05, 4.69) is 37.2 Å². The normalized spacial score (nSPS) is 12.7. The quantitative estimate of drug-likeness (QED) is 0.0145. The summed E-state index contributed by atoms with van der Waals surface area (Å²) in [4.78, 5) is 121. The van der Waals surface area contributed by atoms with Crippen LogP contribution >= 0.6 is 0 Å². The van der Waals surface area contributed by atoms with E-state index in [4.69, 9.17) is 53.3 Å². The van der Waals surface area contributed by atoms with Crippen LogP contribution in [0.4, 0.5) is 28.8 Å². The van der Waals surface area contributed by atoms with Gasteiger partial charge in [0.1, 0.15) is 71.0 Å². The Morgan fingerprint density at radius 2 is 0.650 bits per heavy atom. The van der Waals surface area contributed by atoms with Crippen molar-refractivity contribution in [1.82, 2.24) is 37.2 Å². The predicted molar refractivity (Wildman–Crippen MR) is 376 cm³/mol. The zero-order valence-electron chi connectivity index (χ0n) is 62.4. The van der Waals surface area contributed by atoms with Crippen molar-refractivity contribution in [3.8, 4) is 0 Å². The number of amides is 7. The van der Waals surface area contributed by atoms with Crippen molar-refractivity contribution in [1.29, 1.82) is 0 Å². The Hall–Kier alpha value is -8.19. The Morgan fingerprint density at radius 1 is 0.390 bits per heavy atom. The van der Waals surface area contributed by atoms with Crippen LogP contribution in [0.25, 0.3) is 0 Å². The minimum Gasteiger partial charge on any atom is -0.480 e. The van der Waals surface area contributed by atoms with Crippen molar-refractivity contribution in [3.05, 3.63) is 71.8 Å². The van der Waals surface area contributed by atoms with E-state index in [9.17, 15) is 56.4 Å². The van der Waals surface area contributed by atoms with Crippen molar-refractivity contribution >= 4 is 70.5 Å². The lowest BCUT2D eigenvalue weighted by atomic mass is 10.1. The maximum atomic E-state index is 13.5. The fourth-order valence-electron chi connectivity index (χ4n) is 7.66. The number of hydrogen-bond donors (Lipinski definition) is 10. The molecule has 7 amide bonds. The third kappa shape index (κ3) is 60.9. The van der Waals surface area contributed by atoms with Crippen LogP contribution in [0.2, 0.25) is 0 Å². The number of rotatable bonds is 31. The summed E-state index contributed by atoms with van der Waals surface area (Å²) in [5.41, 5.74) is 3.74. The monoisotopic (exact) mass is 1440 g/mol. The van der Waals surface area contributed by atoms with Crippen LogP contribution in [0.15, 0.2) is 60.7 Å². The molecule has 0 bridgehead atoms. The minimum absolute atomic E-state index is 0.0243. The van der Waals surface area contributed by atoms with Gasteiger partial charge >= 0.3 is 54.5 Å². The Bertz CT molecular complexity index is 2870. The second-order valence-electron chi connectivity index (χ2n) is 29.0. The first kappa shape index (κ1) is 93.9. The third-order valence-corrected chi connectivity index (χ3v) is 11.7. The third-order valence-electron chi connectivity index (χ3n) is 11.7. The van der Waals surface area contributed by atoms with Crippen molar-refractivity contribution in [2.75, 3.05) is 32.4 Å². The second kappa shape index (κ2) is 47.0. The highest BCUT2D eigenvalue weighted by molar-refractivity contribution is 7.85. The summed E-state index contributed by atoms with van der Waals surface area (Å²) < 4.78 is 67.7. The molecule has 0 radical (unpaired) electrons. The molecule has 2 rings (SSSR count). The Balaban J connectivity index is 0. The summed E-state index contributed by atoms with van der Waals surface area (Å²) in [5.74, 6) is -2.73. The summed E-state index contributed by atoms with van der Waals surface area (Å²) in [5, 5.41) is 27.4. The van der Waals surface area contributed by atoms with Crippen LogP contribution in [0.3, 0.4) is 0 Å². The number of hydrogen-bond acceptors (Lipinski definition) is 21. The fourth-order valence-corrected chi connectivity index (χ4v) is 7.66. The van der Waals surface area contributed by atoms with E-state index in [1.165, 1.54) is 0 Å². The smallest absolute Gasteiger partial charge is 0.408 e. The number of benzene rings is 2. The van der Waals surface area contributed by atoms with Crippen LogP contribution in [0.5, 0.6) is 0 Å². The zero-order valence-corrected chi connectivity index (χ0v) is 63.2. The summed E-state index contributed by atoms with van der Waals surface area (Å²) in [6.07, 6.45) is 2.83. The SMILES string of the molecule is CC(C)(C)OC(=O)NCCCC[C@H](N)C(=O)OCc1ccccc1.CC(C)(C)OC(=O)NCCCC[C@H](NC(=O)OC(C)(C)C)C(=O)N[C@@H](CCCCNC(=O)OC(C)(C)C)C(=O)OCc1ccccc1.CC(C)(C)OC(=O)NCCCC[C@H](NC(=O)OC(C)(C)C)C(=O)O.CS(=O)(=O)O. The first-order chi connectivity index (χ1) is 45.8. The largest absolute Gasteiger partial charge is 0.480 e. The Labute approximate surface area is 591 Å². The number of unbranched alkanes of at least 4 members (excludes halogenated alkanes) is 4. The van der Waals surface area contributed by atoms with E-state index in [-0.39, 0.29) is 32.5 Å². The van der Waals surface area contributed by atoms with E-state index in [1.807, 2.05) is 81.4 Å². The number of carbonyl (C=O) groups excluding carboxylic acids is 9. The molecule has 0 fully saturated rings. The number of carboxylic acids is 1.